The van der Waals surface area contributed by atoms with Gasteiger partial charge in [0, 0.05) is 0 Å². The summed E-state index contributed by atoms with van der Waals surface area (Å²) in [5, 5.41) is 0. The van der Waals surface area contributed by atoms with Gasteiger partial charge in [0.1, 0.15) is 5.75 Å². The summed E-state index contributed by atoms with van der Waals surface area (Å²) >= 11 is 4.33. The van der Waals surface area contributed by atoms with Crippen molar-refractivity contribution < 1.29 is 4.74 Å². The van der Waals surface area contributed by atoms with Crippen LogP contribution in [0, 0.1) is 19.8 Å². The predicted octanol–water partition coefficient (Wildman–Crippen LogP) is 3.42. The molecule has 0 spiro atoms. The second kappa shape index (κ2) is 5.45. The lowest BCUT2D eigenvalue weighted by Crippen LogP contribution is -2.05. The molecule has 1 rings (SSSR count). The number of thiol groups is 1. The Morgan fingerprint density at radius 3 is 2.20 bits per heavy atom. The van der Waals surface area contributed by atoms with Crippen LogP contribution < -0.4 is 4.74 Å². The van der Waals surface area contributed by atoms with Gasteiger partial charge in [0.15, 0.2) is 0 Å². The second-order valence-electron chi connectivity index (χ2n) is 4.23. The van der Waals surface area contributed by atoms with Crippen LogP contribution in [0.3, 0.4) is 0 Å². The van der Waals surface area contributed by atoms with E-state index in [-0.39, 0.29) is 0 Å². The van der Waals surface area contributed by atoms with E-state index in [9.17, 15) is 0 Å². The van der Waals surface area contributed by atoms with Crippen LogP contribution in [-0.4, -0.2) is 12.9 Å². The van der Waals surface area contributed by atoms with Gasteiger partial charge in [0.05, 0.1) is 7.11 Å². The molecule has 84 valence electrons. The van der Waals surface area contributed by atoms with Crippen LogP contribution in [0.2, 0.25) is 0 Å². The summed E-state index contributed by atoms with van der Waals surface area (Å²) in [7, 11) is 1.71. The summed E-state index contributed by atoms with van der Waals surface area (Å²) < 4.78 is 5.25. The van der Waals surface area contributed by atoms with Gasteiger partial charge in [-0.1, -0.05) is 6.92 Å². The van der Waals surface area contributed by atoms with Gasteiger partial charge in [0.25, 0.3) is 0 Å². The fourth-order valence-corrected chi connectivity index (χ4v) is 1.94. The smallest absolute Gasteiger partial charge is 0.119 e. The van der Waals surface area contributed by atoms with Crippen molar-refractivity contribution in [3.8, 4) is 5.75 Å². The summed E-state index contributed by atoms with van der Waals surface area (Å²) in [5.41, 5.74) is 4.08. The SMILES string of the molecule is COc1cc(C)c(CC(C)CS)c(C)c1. The maximum atomic E-state index is 5.25. The molecule has 1 nitrogen and oxygen atoms in total. The molecule has 0 aliphatic rings. The van der Waals surface area contributed by atoms with Crippen molar-refractivity contribution in [2.45, 2.75) is 27.2 Å². The van der Waals surface area contributed by atoms with Crippen LogP contribution >= 0.6 is 12.6 Å². The number of aryl methyl sites for hydroxylation is 2. The van der Waals surface area contributed by atoms with Gasteiger partial charge < -0.3 is 4.74 Å². The van der Waals surface area contributed by atoms with Crippen LogP contribution in [0.5, 0.6) is 5.75 Å². The normalized spacial score (nSPS) is 12.6. The molecular weight excluding hydrogens is 204 g/mol. The lowest BCUT2D eigenvalue weighted by atomic mass is 9.94. The van der Waals surface area contributed by atoms with Crippen molar-refractivity contribution in [3.05, 3.63) is 28.8 Å². The Morgan fingerprint density at radius 1 is 1.27 bits per heavy atom. The van der Waals surface area contributed by atoms with Crippen LogP contribution in [0.4, 0.5) is 0 Å². The van der Waals surface area contributed by atoms with Crippen molar-refractivity contribution in [1.29, 1.82) is 0 Å². The standard InChI is InChI=1S/C13H20OS/c1-9(8-15)5-13-10(2)6-12(14-4)7-11(13)3/h6-7,9,15H,5,8H2,1-4H3. The van der Waals surface area contributed by atoms with E-state index in [2.05, 4.69) is 45.5 Å². The fourth-order valence-electron chi connectivity index (χ4n) is 1.81. The highest BCUT2D eigenvalue weighted by Gasteiger charge is 2.08. The Labute approximate surface area is 98.3 Å². The first kappa shape index (κ1) is 12.4. The minimum atomic E-state index is 0.624. The van der Waals surface area contributed by atoms with Crippen LogP contribution in [0.25, 0.3) is 0 Å². The summed E-state index contributed by atoms with van der Waals surface area (Å²) in [5.74, 6) is 2.51. The topological polar surface area (TPSA) is 9.23 Å². The molecule has 0 amide bonds. The Bertz CT molecular complexity index is 310. The molecule has 0 aliphatic carbocycles. The fraction of sp³-hybridized carbons (Fsp3) is 0.538. The van der Waals surface area contributed by atoms with E-state index < -0.39 is 0 Å². The Kier molecular flexibility index (Phi) is 4.52. The van der Waals surface area contributed by atoms with E-state index in [0.717, 1.165) is 17.9 Å². The third-order valence-electron chi connectivity index (χ3n) is 2.77. The number of rotatable bonds is 4. The molecule has 15 heavy (non-hydrogen) atoms. The lowest BCUT2D eigenvalue weighted by molar-refractivity contribution is 0.414. The van der Waals surface area contributed by atoms with Crippen molar-refractivity contribution in [2.24, 2.45) is 5.92 Å². The number of ether oxygens (including phenoxy) is 1. The highest BCUT2D eigenvalue weighted by molar-refractivity contribution is 7.80. The predicted molar refractivity (Wildman–Crippen MR) is 69.2 cm³/mol. The lowest BCUT2D eigenvalue weighted by Gasteiger charge is -2.15. The molecule has 2 heteroatoms. The number of benzene rings is 1. The second-order valence-corrected chi connectivity index (χ2v) is 4.60. The molecule has 1 aromatic rings. The zero-order chi connectivity index (χ0) is 11.4. The van der Waals surface area contributed by atoms with Gasteiger partial charge in [-0.3, -0.25) is 0 Å². The molecule has 0 aromatic heterocycles. The first-order chi connectivity index (χ1) is 7.08. The Hall–Kier alpha value is -0.630. The van der Waals surface area contributed by atoms with Gasteiger partial charge in [-0.05, 0) is 60.8 Å². The van der Waals surface area contributed by atoms with Crippen molar-refractivity contribution in [3.63, 3.8) is 0 Å². The van der Waals surface area contributed by atoms with Crippen molar-refractivity contribution in [2.75, 3.05) is 12.9 Å². The maximum Gasteiger partial charge on any atom is 0.119 e. The highest BCUT2D eigenvalue weighted by atomic mass is 32.1. The molecule has 0 aliphatic heterocycles. The largest absolute Gasteiger partial charge is 0.497 e. The van der Waals surface area contributed by atoms with Crippen LogP contribution in [-0.2, 0) is 6.42 Å². The van der Waals surface area contributed by atoms with E-state index in [4.69, 9.17) is 4.74 Å². The quantitative estimate of drug-likeness (QED) is 0.771. The molecule has 0 radical (unpaired) electrons. The van der Waals surface area contributed by atoms with Gasteiger partial charge >= 0.3 is 0 Å². The van der Waals surface area contributed by atoms with Crippen molar-refractivity contribution in [1.82, 2.24) is 0 Å². The first-order valence-electron chi connectivity index (χ1n) is 5.33. The van der Waals surface area contributed by atoms with Gasteiger partial charge in [0.2, 0.25) is 0 Å². The molecule has 0 N–H and O–H groups in total. The van der Waals surface area contributed by atoms with E-state index in [1.165, 1.54) is 16.7 Å². The molecule has 0 saturated heterocycles. The maximum absolute atomic E-state index is 5.25. The minimum absolute atomic E-state index is 0.624. The Balaban J connectivity index is 2.98. The molecule has 0 heterocycles. The zero-order valence-electron chi connectivity index (χ0n) is 10.0. The minimum Gasteiger partial charge on any atom is -0.497 e. The molecule has 0 bridgehead atoms. The molecule has 0 saturated carbocycles. The molecule has 0 fully saturated rings. The molecule has 1 unspecified atom stereocenters. The molecule has 1 aromatic carbocycles. The summed E-state index contributed by atoms with van der Waals surface area (Å²) in [4.78, 5) is 0. The summed E-state index contributed by atoms with van der Waals surface area (Å²) in [6.45, 7) is 6.53. The number of methoxy groups -OCH3 is 1. The van der Waals surface area contributed by atoms with Crippen LogP contribution in [0.15, 0.2) is 12.1 Å². The van der Waals surface area contributed by atoms with Gasteiger partial charge in [-0.2, -0.15) is 12.6 Å². The van der Waals surface area contributed by atoms with E-state index in [1.54, 1.807) is 7.11 Å². The zero-order valence-corrected chi connectivity index (χ0v) is 10.9. The number of hydrogen-bond acceptors (Lipinski definition) is 2. The molecular formula is C13H20OS. The average molecular weight is 224 g/mol. The summed E-state index contributed by atoms with van der Waals surface area (Å²) in [6, 6.07) is 4.21. The number of hydrogen-bond donors (Lipinski definition) is 1. The van der Waals surface area contributed by atoms with E-state index in [1.807, 2.05) is 0 Å². The summed E-state index contributed by atoms with van der Waals surface area (Å²) in [6.07, 6.45) is 1.10. The average Bonchev–Trinajstić information content (AvgIpc) is 2.22. The van der Waals surface area contributed by atoms with Gasteiger partial charge in [-0.25, -0.2) is 0 Å². The van der Waals surface area contributed by atoms with Crippen LogP contribution in [0.1, 0.15) is 23.6 Å². The van der Waals surface area contributed by atoms with Gasteiger partial charge in [-0.15, -0.1) is 0 Å². The van der Waals surface area contributed by atoms with E-state index in [0.29, 0.717) is 5.92 Å². The van der Waals surface area contributed by atoms with E-state index >= 15 is 0 Å². The Morgan fingerprint density at radius 2 is 1.80 bits per heavy atom. The highest BCUT2D eigenvalue weighted by Crippen LogP contribution is 2.24. The van der Waals surface area contributed by atoms with Crippen molar-refractivity contribution >= 4 is 12.6 Å². The molecule has 1 atom stereocenters. The monoisotopic (exact) mass is 224 g/mol. The third kappa shape index (κ3) is 3.16. The first-order valence-corrected chi connectivity index (χ1v) is 5.96. The third-order valence-corrected chi connectivity index (χ3v) is 3.39.